The van der Waals surface area contributed by atoms with Crippen LogP contribution in [0.2, 0.25) is 0 Å². The number of carboxylic acids is 1. The van der Waals surface area contributed by atoms with Gasteiger partial charge in [0.2, 0.25) is 0 Å². The smallest absolute Gasteiger partial charge is 0.341 e. The predicted octanol–water partition coefficient (Wildman–Crippen LogP) is 5.07. The average molecular weight is 391 g/mol. The van der Waals surface area contributed by atoms with Gasteiger partial charge in [-0.3, -0.25) is 4.79 Å². The molecule has 0 saturated carbocycles. The Bertz CT molecular complexity index is 1190. The third-order valence-corrected chi connectivity index (χ3v) is 5.29. The van der Waals surface area contributed by atoms with Gasteiger partial charge in [0.05, 0.1) is 5.69 Å². The van der Waals surface area contributed by atoms with E-state index >= 15 is 0 Å². The first-order valence-electron chi connectivity index (χ1n) is 8.43. The summed E-state index contributed by atoms with van der Waals surface area (Å²) in [4.78, 5) is 24.8. The van der Waals surface area contributed by atoms with Crippen LogP contribution in [0.25, 0.3) is 27.4 Å². The number of nitrogens with zero attached hydrogens (tertiary/aromatic N) is 1. The van der Waals surface area contributed by atoms with Crippen molar-refractivity contribution in [2.24, 2.45) is 0 Å². The Hall–Kier alpha value is -3.51. The number of carbonyl (C=O) groups is 1. The van der Waals surface area contributed by atoms with Gasteiger partial charge in [-0.2, -0.15) is 0 Å². The van der Waals surface area contributed by atoms with Crippen molar-refractivity contribution in [3.8, 4) is 27.4 Å². The molecule has 0 saturated heterocycles. The standard InChI is InChI=1S/C22H14FNO3S/c23-16-7-9-17(10-8-16)24-13-18(22(26)27)20(25)12-19(24)14-3-5-15(6-4-14)21-2-1-11-28-21/h1-13H,(H,26,27). The number of thiophene rings is 1. The van der Waals surface area contributed by atoms with Crippen LogP contribution in [-0.4, -0.2) is 15.6 Å². The van der Waals surface area contributed by atoms with Gasteiger partial charge in [0.1, 0.15) is 11.4 Å². The SMILES string of the molecule is O=C(O)c1cn(-c2ccc(F)cc2)c(-c2ccc(-c3cccs3)cc2)cc1=O. The third kappa shape index (κ3) is 3.37. The fourth-order valence-corrected chi connectivity index (χ4v) is 3.71. The number of halogens is 1. The molecule has 0 spiro atoms. The molecule has 4 rings (SSSR count). The highest BCUT2D eigenvalue weighted by Gasteiger charge is 2.15. The van der Waals surface area contributed by atoms with Crippen molar-refractivity contribution in [3.05, 3.63) is 99.9 Å². The van der Waals surface area contributed by atoms with E-state index in [4.69, 9.17) is 0 Å². The summed E-state index contributed by atoms with van der Waals surface area (Å²) in [5, 5.41) is 11.3. The van der Waals surface area contributed by atoms with E-state index in [1.165, 1.54) is 36.5 Å². The maximum atomic E-state index is 13.3. The molecule has 4 nitrogen and oxygen atoms in total. The van der Waals surface area contributed by atoms with Crippen molar-refractivity contribution in [2.75, 3.05) is 0 Å². The van der Waals surface area contributed by atoms with Crippen LogP contribution in [0.5, 0.6) is 0 Å². The Morgan fingerprint density at radius 3 is 2.25 bits per heavy atom. The average Bonchev–Trinajstić information content (AvgIpc) is 3.23. The first kappa shape index (κ1) is 17.9. The minimum absolute atomic E-state index is 0.344. The van der Waals surface area contributed by atoms with E-state index in [9.17, 15) is 19.1 Å². The molecule has 4 aromatic rings. The molecule has 0 atom stereocenters. The zero-order valence-electron chi connectivity index (χ0n) is 14.5. The van der Waals surface area contributed by atoms with Crippen LogP contribution < -0.4 is 5.43 Å². The molecule has 0 unspecified atom stereocenters. The van der Waals surface area contributed by atoms with Gasteiger partial charge in [0, 0.05) is 22.8 Å². The summed E-state index contributed by atoms with van der Waals surface area (Å²) in [5.74, 6) is -1.70. The fraction of sp³-hybridized carbons (Fsp3) is 0. The van der Waals surface area contributed by atoms with Gasteiger partial charge in [0.15, 0.2) is 5.43 Å². The highest BCUT2D eigenvalue weighted by Crippen LogP contribution is 2.28. The number of aromatic nitrogens is 1. The monoisotopic (exact) mass is 391 g/mol. The minimum atomic E-state index is -1.31. The number of benzene rings is 2. The van der Waals surface area contributed by atoms with Crippen LogP contribution in [-0.2, 0) is 0 Å². The molecule has 1 N–H and O–H groups in total. The molecule has 0 aliphatic heterocycles. The molecule has 0 bridgehead atoms. The molecule has 2 aromatic carbocycles. The number of carboxylic acid groups (broad SMARTS) is 1. The topological polar surface area (TPSA) is 59.3 Å². The zero-order chi connectivity index (χ0) is 19.7. The molecule has 0 fully saturated rings. The summed E-state index contributed by atoms with van der Waals surface area (Å²) < 4.78 is 14.9. The van der Waals surface area contributed by atoms with Gasteiger partial charge < -0.3 is 9.67 Å². The first-order valence-corrected chi connectivity index (χ1v) is 9.31. The Morgan fingerprint density at radius 1 is 0.964 bits per heavy atom. The number of aromatic carboxylic acids is 1. The van der Waals surface area contributed by atoms with Crippen molar-refractivity contribution < 1.29 is 14.3 Å². The van der Waals surface area contributed by atoms with Gasteiger partial charge in [-0.05, 0) is 46.8 Å². The van der Waals surface area contributed by atoms with E-state index in [0.29, 0.717) is 11.4 Å². The lowest BCUT2D eigenvalue weighted by molar-refractivity contribution is 0.0695. The summed E-state index contributed by atoms with van der Waals surface area (Å²) in [7, 11) is 0. The summed E-state index contributed by atoms with van der Waals surface area (Å²) in [6.07, 6.45) is 1.28. The summed E-state index contributed by atoms with van der Waals surface area (Å²) in [6, 6.07) is 18.6. The van der Waals surface area contributed by atoms with Crippen LogP contribution >= 0.6 is 11.3 Å². The summed E-state index contributed by atoms with van der Waals surface area (Å²) in [5.41, 5.74) is 1.96. The molecule has 2 aromatic heterocycles. The highest BCUT2D eigenvalue weighted by molar-refractivity contribution is 7.13. The maximum Gasteiger partial charge on any atom is 0.341 e. The largest absolute Gasteiger partial charge is 0.477 e. The van der Waals surface area contributed by atoms with Crippen LogP contribution in [0.3, 0.4) is 0 Å². The molecule has 0 aliphatic carbocycles. The quantitative estimate of drug-likeness (QED) is 0.528. The van der Waals surface area contributed by atoms with Crippen molar-refractivity contribution in [3.63, 3.8) is 0 Å². The molecule has 28 heavy (non-hydrogen) atoms. The van der Waals surface area contributed by atoms with Crippen LogP contribution in [0.1, 0.15) is 10.4 Å². The van der Waals surface area contributed by atoms with E-state index in [1.54, 1.807) is 15.9 Å². The molecular formula is C22H14FNO3S. The summed E-state index contributed by atoms with van der Waals surface area (Å²) >= 11 is 1.63. The van der Waals surface area contributed by atoms with Gasteiger partial charge in [-0.25, -0.2) is 9.18 Å². The lowest BCUT2D eigenvalue weighted by Crippen LogP contribution is -2.18. The predicted molar refractivity (Wildman–Crippen MR) is 108 cm³/mol. The fourth-order valence-electron chi connectivity index (χ4n) is 2.98. The lowest BCUT2D eigenvalue weighted by Gasteiger charge is -2.15. The van der Waals surface area contributed by atoms with Crippen LogP contribution in [0.4, 0.5) is 4.39 Å². The highest BCUT2D eigenvalue weighted by atomic mass is 32.1. The minimum Gasteiger partial charge on any atom is -0.477 e. The van der Waals surface area contributed by atoms with E-state index in [1.807, 2.05) is 41.8 Å². The lowest BCUT2D eigenvalue weighted by atomic mass is 10.1. The zero-order valence-corrected chi connectivity index (χ0v) is 15.3. The Morgan fingerprint density at radius 2 is 1.64 bits per heavy atom. The van der Waals surface area contributed by atoms with E-state index in [2.05, 4.69) is 0 Å². The van der Waals surface area contributed by atoms with Crippen molar-refractivity contribution in [1.29, 1.82) is 0 Å². The molecule has 0 radical (unpaired) electrons. The molecule has 6 heteroatoms. The van der Waals surface area contributed by atoms with E-state index in [0.717, 1.165) is 16.0 Å². The van der Waals surface area contributed by atoms with E-state index in [-0.39, 0.29) is 5.56 Å². The Kier molecular flexibility index (Phi) is 4.63. The van der Waals surface area contributed by atoms with Crippen molar-refractivity contribution >= 4 is 17.3 Å². The molecule has 0 amide bonds. The van der Waals surface area contributed by atoms with Gasteiger partial charge in [-0.15, -0.1) is 11.3 Å². The van der Waals surface area contributed by atoms with Gasteiger partial charge in [0.25, 0.3) is 0 Å². The number of rotatable bonds is 4. The number of hydrogen-bond donors (Lipinski definition) is 1. The second kappa shape index (κ2) is 7.25. The van der Waals surface area contributed by atoms with Crippen molar-refractivity contribution in [2.45, 2.75) is 0 Å². The van der Waals surface area contributed by atoms with Crippen LogP contribution in [0, 0.1) is 5.82 Å². The van der Waals surface area contributed by atoms with Gasteiger partial charge in [-0.1, -0.05) is 30.3 Å². The molecule has 138 valence electrons. The third-order valence-electron chi connectivity index (χ3n) is 4.37. The molecule has 0 aliphatic rings. The normalized spacial score (nSPS) is 10.8. The first-order chi connectivity index (χ1) is 13.5. The number of pyridine rings is 1. The summed E-state index contributed by atoms with van der Waals surface area (Å²) in [6.45, 7) is 0. The van der Waals surface area contributed by atoms with Crippen LogP contribution in [0.15, 0.2) is 83.1 Å². The number of hydrogen-bond acceptors (Lipinski definition) is 3. The van der Waals surface area contributed by atoms with Crippen molar-refractivity contribution in [1.82, 2.24) is 4.57 Å². The maximum absolute atomic E-state index is 13.3. The van der Waals surface area contributed by atoms with E-state index < -0.39 is 17.2 Å². The second-order valence-corrected chi connectivity index (χ2v) is 7.09. The second-order valence-electron chi connectivity index (χ2n) is 6.14. The Balaban J connectivity index is 1.88. The molecular weight excluding hydrogens is 377 g/mol. The van der Waals surface area contributed by atoms with Gasteiger partial charge >= 0.3 is 5.97 Å². The molecule has 2 heterocycles. The Labute approximate surface area is 163 Å².